The molecule has 7 heteroatoms. The average molecular weight is 315 g/mol. The molecule has 0 aliphatic heterocycles. The number of allylic oxidation sites excluding steroid dienone is 2. The minimum absolute atomic E-state index is 0.0520. The van der Waals surface area contributed by atoms with Crippen LogP contribution in [0.25, 0.3) is 16.6 Å². The summed E-state index contributed by atoms with van der Waals surface area (Å²) in [4.78, 5) is 20.5. The molecule has 0 saturated carbocycles. The van der Waals surface area contributed by atoms with E-state index in [2.05, 4.69) is 9.97 Å². The summed E-state index contributed by atoms with van der Waals surface area (Å²) >= 11 is 11.9. The van der Waals surface area contributed by atoms with Gasteiger partial charge in [0, 0.05) is 12.0 Å². The second-order valence-corrected chi connectivity index (χ2v) is 5.17. The van der Waals surface area contributed by atoms with Crippen LogP contribution in [0, 0.1) is 22.7 Å². The van der Waals surface area contributed by atoms with Crippen LogP contribution < -0.4 is 0 Å². The maximum absolute atomic E-state index is 12.0. The van der Waals surface area contributed by atoms with E-state index in [0.717, 1.165) is 0 Å². The third-order valence-corrected chi connectivity index (χ3v) is 3.84. The zero-order valence-corrected chi connectivity index (χ0v) is 11.8. The van der Waals surface area contributed by atoms with Gasteiger partial charge in [-0.05, 0) is 12.1 Å². The van der Waals surface area contributed by atoms with Crippen molar-refractivity contribution >= 4 is 45.6 Å². The quantitative estimate of drug-likeness (QED) is 0.695. The molecule has 1 heterocycles. The molecule has 0 amide bonds. The Kier molecular flexibility index (Phi) is 3.10. The number of nitrogens with zero attached hydrogens (tertiary/aromatic N) is 4. The van der Waals surface area contributed by atoms with Gasteiger partial charge in [-0.15, -0.1) is 0 Å². The number of carbonyl (C=O) groups is 1. The minimum Gasteiger partial charge on any atom is -0.292 e. The number of ketones is 1. The van der Waals surface area contributed by atoms with Crippen LogP contribution in [0.15, 0.2) is 17.7 Å². The maximum atomic E-state index is 12.0. The van der Waals surface area contributed by atoms with Gasteiger partial charge in [-0.2, -0.15) is 10.5 Å². The van der Waals surface area contributed by atoms with Crippen LogP contribution in [0.2, 0.25) is 10.0 Å². The van der Waals surface area contributed by atoms with Crippen molar-refractivity contribution in [3.63, 3.8) is 0 Å². The van der Waals surface area contributed by atoms with Crippen molar-refractivity contribution in [2.45, 2.75) is 6.42 Å². The highest BCUT2D eigenvalue weighted by atomic mass is 35.5. The van der Waals surface area contributed by atoms with Crippen LogP contribution in [0.4, 0.5) is 0 Å². The van der Waals surface area contributed by atoms with Gasteiger partial charge < -0.3 is 0 Å². The molecule has 21 heavy (non-hydrogen) atoms. The number of hydrogen-bond donors (Lipinski definition) is 0. The monoisotopic (exact) mass is 314 g/mol. The summed E-state index contributed by atoms with van der Waals surface area (Å²) in [5, 5.41) is 18.6. The van der Waals surface area contributed by atoms with Gasteiger partial charge in [0.05, 0.1) is 26.8 Å². The van der Waals surface area contributed by atoms with Crippen molar-refractivity contribution < 1.29 is 4.79 Å². The molecule has 3 rings (SSSR count). The van der Waals surface area contributed by atoms with Gasteiger partial charge in [-0.25, -0.2) is 9.97 Å². The van der Waals surface area contributed by atoms with Crippen LogP contribution in [0.5, 0.6) is 0 Å². The van der Waals surface area contributed by atoms with E-state index in [9.17, 15) is 4.79 Å². The highest BCUT2D eigenvalue weighted by molar-refractivity contribution is 6.42. The lowest BCUT2D eigenvalue weighted by Crippen LogP contribution is -1.99. The van der Waals surface area contributed by atoms with Crippen LogP contribution >= 0.6 is 23.2 Å². The maximum Gasteiger partial charge on any atom is 0.187 e. The van der Waals surface area contributed by atoms with Crippen LogP contribution in [0.3, 0.4) is 0 Å². The summed E-state index contributed by atoms with van der Waals surface area (Å²) in [5.41, 5.74) is 1.48. The van der Waals surface area contributed by atoms with E-state index in [4.69, 9.17) is 33.7 Å². The molecule has 2 aromatic rings. The first-order valence-electron chi connectivity index (χ1n) is 5.79. The second-order valence-electron chi connectivity index (χ2n) is 4.35. The molecule has 1 aromatic heterocycles. The average Bonchev–Trinajstić information content (AvgIpc) is 2.77. The molecular weight excluding hydrogens is 311 g/mol. The molecule has 1 aliphatic carbocycles. The van der Waals surface area contributed by atoms with Crippen LogP contribution in [-0.2, 0) is 0 Å². The standard InChI is InChI=1S/C14H4Cl2N4O/c15-8-2-10-11(3-9(8)16)20-14-12(21)1-7(13(14)19-10)6(4-17)5-18/h2-3H,1H2. The Bertz CT molecular complexity index is 919. The van der Waals surface area contributed by atoms with E-state index in [1.165, 1.54) is 12.1 Å². The van der Waals surface area contributed by atoms with Crippen LogP contribution in [0.1, 0.15) is 22.6 Å². The highest BCUT2D eigenvalue weighted by Crippen LogP contribution is 2.34. The number of fused-ring (bicyclic) bond motifs is 2. The lowest BCUT2D eigenvalue weighted by molar-refractivity contribution is 0.1000. The summed E-state index contributed by atoms with van der Waals surface area (Å²) < 4.78 is 0. The summed E-state index contributed by atoms with van der Waals surface area (Å²) in [7, 11) is 0. The summed E-state index contributed by atoms with van der Waals surface area (Å²) in [5.74, 6) is -0.275. The van der Waals surface area contributed by atoms with Crippen molar-refractivity contribution in [3.8, 4) is 12.1 Å². The predicted octanol–water partition coefficient (Wildman–Crippen LogP) is 3.32. The number of hydrogen-bond acceptors (Lipinski definition) is 5. The zero-order valence-electron chi connectivity index (χ0n) is 10.3. The number of carbonyl (C=O) groups excluding carboxylic acids is 1. The Hall–Kier alpha value is -2.47. The van der Waals surface area contributed by atoms with Gasteiger partial charge in [-0.3, -0.25) is 4.79 Å². The fourth-order valence-electron chi connectivity index (χ4n) is 2.15. The summed E-state index contributed by atoms with van der Waals surface area (Å²) in [6.07, 6.45) is -0.0520. The Balaban J connectivity index is 2.37. The van der Waals surface area contributed by atoms with Gasteiger partial charge in [0.15, 0.2) is 5.78 Å². The molecule has 0 fully saturated rings. The highest BCUT2D eigenvalue weighted by Gasteiger charge is 2.30. The first-order chi connectivity index (χ1) is 10.0. The van der Waals surface area contributed by atoms with E-state index in [1.54, 1.807) is 12.1 Å². The Labute approximate surface area is 129 Å². The van der Waals surface area contributed by atoms with Crippen molar-refractivity contribution in [2.75, 3.05) is 0 Å². The lowest BCUT2D eigenvalue weighted by Gasteiger charge is -2.04. The molecule has 100 valence electrons. The number of halogens is 2. The predicted molar refractivity (Wildman–Crippen MR) is 76.7 cm³/mol. The van der Waals surface area contributed by atoms with E-state index in [-0.39, 0.29) is 29.2 Å². The molecular formula is C14H4Cl2N4O. The van der Waals surface area contributed by atoms with E-state index < -0.39 is 0 Å². The minimum atomic E-state index is -0.275. The number of nitriles is 2. The molecule has 1 aliphatic rings. The first-order valence-corrected chi connectivity index (χ1v) is 6.54. The van der Waals surface area contributed by atoms with Crippen molar-refractivity contribution in [2.24, 2.45) is 0 Å². The number of aromatic nitrogens is 2. The molecule has 0 atom stereocenters. The first kappa shape index (κ1) is 13.5. The molecule has 0 N–H and O–H groups in total. The van der Waals surface area contributed by atoms with E-state index in [1.807, 2.05) is 0 Å². The van der Waals surface area contributed by atoms with Crippen molar-refractivity contribution in [1.29, 1.82) is 10.5 Å². The Morgan fingerprint density at radius 2 is 1.57 bits per heavy atom. The zero-order chi connectivity index (χ0) is 15.1. The summed E-state index contributed by atoms with van der Waals surface area (Å²) in [6.45, 7) is 0. The largest absolute Gasteiger partial charge is 0.292 e. The number of rotatable bonds is 0. The smallest absolute Gasteiger partial charge is 0.187 e. The Morgan fingerprint density at radius 1 is 1.05 bits per heavy atom. The molecule has 0 radical (unpaired) electrons. The fourth-order valence-corrected chi connectivity index (χ4v) is 2.47. The van der Waals surface area contributed by atoms with Crippen LogP contribution in [-0.4, -0.2) is 15.8 Å². The van der Waals surface area contributed by atoms with Crippen molar-refractivity contribution in [1.82, 2.24) is 9.97 Å². The Morgan fingerprint density at radius 3 is 2.10 bits per heavy atom. The fraction of sp³-hybridized carbons (Fsp3) is 0.0714. The second kappa shape index (κ2) is 4.82. The lowest BCUT2D eigenvalue weighted by atomic mass is 10.1. The van der Waals surface area contributed by atoms with Gasteiger partial charge in [0.25, 0.3) is 0 Å². The molecule has 0 spiro atoms. The van der Waals surface area contributed by atoms with E-state index >= 15 is 0 Å². The number of Topliss-reactive ketones (excluding diaryl/α,β-unsaturated/α-hetero) is 1. The molecule has 0 saturated heterocycles. The summed E-state index contributed by atoms with van der Waals surface area (Å²) in [6, 6.07) is 6.61. The normalized spacial score (nSPS) is 13.0. The SMILES string of the molecule is N#CC(C#N)=C1CC(=O)c2nc3cc(Cl)c(Cl)cc3nc21. The van der Waals surface area contributed by atoms with Gasteiger partial charge >= 0.3 is 0 Å². The third kappa shape index (κ3) is 2.04. The van der Waals surface area contributed by atoms with E-state index in [0.29, 0.717) is 26.7 Å². The van der Waals surface area contributed by atoms with Crippen molar-refractivity contribution in [3.05, 3.63) is 39.1 Å². The number of benzene rings is 1. The molecule has 5 nitrogen and oxygen atoms in total. The molecule has 0 bridgehead atoms. The van der Waals surface area contributed by atoms with Gasteiger partial charge in [-0.1, -0.05) is 23.2 Å². The van der Waals surface area contributed by atoms with Gasteiger partial charge in [0.1, 0.15) is 23.4 Å². The molecule has 1 aromatic carbocycles. The molecule has 0 unspecified atom stereocenters. The third-order valence-electron chi connectivity index (χ3n) is 3.12. The topological polar surface area (TPSA) is 90.4 Å². The van der Waals surface area contributed by atoms with Gasteiger partial charge in [0.2, 0.25) is 0 Å².